The van der Waals surface area contributed by atoms with Crippen LogP contribution in [-0.2, 0) is 21.4 Å². The van der Waals surface area contributed by atoms with Crippen LogP contribution in [0.25, 0.3) is 10.6 Å². The van der Waals surface area contributed by atoms with E-state index in [-0.39, 0.29) is 23.6 Å². The molecule has 0 atom stereocenters. The summed E-state index contributed by atoms with van der Waals surface area (Å²) in [6, 6.07) is 23.2. The first-order valence-electron chi connectivity index (χ1n) is 10.8. The summed E-state index contributed by atoms with van der Waals surface area (Å²) < 4.78 is 33.6. The summed E-state index contributed by atoms with van der Waals surface area (Å²) in [4.78, 5) is 17.3. The van der Waals surface area contributed by atoms with Crippen LogP contribution in [0.15, 0.2) is 89.1 Å². The first-order valence-corrected chi connectivity index (χ1v) is 13.1. The fourth-order valence-corrected chi connectivity index (χ4v) is 6.06. The van der Waals surface area contributed by atoms with Gasteiger partial charge in [-0.2, -0.15) is 0 Å². The molecule has 8 heteroatoms. The summed E-state index contributed by atoms with van der Waals surface area (Å²) in [6.07, 6.45) is 0. The lowest BCUT2D eigenvalue weighted by molar-refractivity contribution is 0.0468. The highest BCUT2D eigenvalue weighted by atomic mass is 32.2. The van der Waals surface area contributed by atoms with Crippen molar-refractivity contribution in [2.75, 3.05) is 10.8 Å². The van der Waals surface area contributed by atoms with Gasteiger partial charge in [0.1, 0.15) is 11.6 Å². The van der Waals surface area contributed by atoms with Crippen LogP contribution in [0.4, 0.5) is 5.69 Å². The SMILES string of the molecule is CCN(c1ccccc1)S(=O)(=O)c1cc(C(=O)OCc2csc(-c3ccccc3)n2)ccc1C. The summed E-state index contributed by atoms with van der Waals surface area (Å²) in [5.74, 6) is -0.603. The molecule has 0 amide bonds. The number of anilines is 1. The molecule has 1 aromatic heterocycles. The van der Waals surface area contributed by atoms with Crippen molar-refractivity contribution in [3.05, 3.63) is 101 Å². The number of aryl methyl sites for hydroxylation is 1. The summed E-state index contributed by atoms with van der Waals surface area (Å²) in [6.45, 7) is 3.74. The molecule has 0 fully saturated rings. The number of para-hydroxylation sites is 1. The number of carbonyl (C=O) groups is 1. The molecule has 34 heavy (non-hydrogen) atoms. The van der Waals surface area contributed by atoms with Gasteiger partial charge in [0.25, 0.3) is 10.0 Å². The smallest absolute Gasteiger partial charge is 0.338 e. The Morgan fingerprint density at radius 3 is 2.35 bits per heavy atom. The average Bonchev–Trinajstić information content (AvgIpc) is 3.33. The molecule has 0 saturated heterocycles. The Labute approximate surface area is 203 Å². The number of hydrogen-bond donors (Lipinski definition) is 0. The van der Waals surface area contributed by atoms with Gasteiger partial charge in [0.2, 0.25) is 0 Å². The van der Waals surface area contributed by atoms with E-state index in [9.17, 15) is 13.2 Å². The lowest BCUT2D eigenvalue weighted by Gasteiger charge is -2.24. The molecular formula is C26H24N2O4S2. The third kappa shape index (κ3) is 5.03. The molecule has 4 aromatic rings. The van der Waals surface area contributed by atoms with E-state index >= 15 is 0 Å². The maximum absolute atomic E-state index is 13.4. The van der Waals surface area contributed by atoms with Gasteiger partial charge in [-0.25, -0.2) is 18.2 Å². The van der Waals surface area contributed by atoms with Crippen LogP contribution in [0.2, 0.25) is 0 Å². The van der Waals surface area contributed by atoms with Gasteiger partial charge in [0.15, 0.2) is 0 Å². The van der Waals surface area contributed by atoms with Crippen LogP contribution < -0.4 is 4.31 Å². The van der Waals surface area contributed by atoms with Gasteiger partial charge < -0.3 is 4.74 Å². The van der Waals surface area contributed by atoms with Gasteiger partial charge in [0.05, 0.1) is 21.8 Å². The first kappa shape index (κ1) is 23.7. The molecular weight excluding hydrogens is 468 g/mol. The summed E-state index contributed by atoms with van der Waals surface area (Å²) in [5, 5.41) is 2.69. The van der Waals surface area contributed by atoms with E-state index in [0.717, 1.165) is 10.6 Å². The molecule has 6 nitrogen and oxygen atoms in total. The molecule has 0 radical (unpaired) electrons. The lowest BCUT2D eigenvalue weighted by atomic mass is 10.1. The zero-order chi connectivity index (χ0) is 24.1. The van der Waals surface area contributed by atoms with E-state index in [0.29, 0.717) is 16.9 Å². The second-order valence-corrected chi connectivity index (χ2v) is 10.3. The minimum Gasteiger partial charge on any atom is -0.456 e. The first-order chi connectivity index (χ1) is 16.4. The maximum Gasteiger partial charge on any atom is 0.338 e. The maximum atomic E-state index is 13.4. The topological polar surface area (TPSA) is 76.6 Å². The zero-order valence-electron chi connectivity index (χ0n) is 18.8. The van der Waals surface area contributed by atoms with Gasteiger partial charge in [0, 0.05) is 17.5 Å². The fourth-order valence-electron chi connectivity index (χ4n) is 3.52. The number of esters is 1. The quantitative estimate of drug-likeness (QED) is 0.295. The van der Waals surface area contributed by atoms with Crippen molar-refractivity contribution in [3.8, 4) is 10.6 Å². The summed E-state index contributed by atoms with van der Waals surface area (Å²) in [5.41, 5.74) is 2.93. The van der Waals surface area contributed by atoms with Crippen molar-refractivity contribution in [2.24, 2.45) is 0 Å². The Bertz CT molecular complexity index is 1380. The van der Waals surface area contributed by atoms with Gasteiger partial charge in [-0.3, -0.25) is 4.31 Å². The number of hydrogen-bond acceptors (Lipinski definition) is 6. The second-order valence-electron chi connectivity index (χ2n) is 7.57. The molecule has 4 rings (SSSR count). The van der Waals surface area contributed by atoms with Crippen molar-refractivity contribution >= 4 is 33.0 Å². The molecule has 1 heterocycles. The van der Waals surface area contributed by atoms with Crippen molar-refractivity contribution in [1.29, 1.82) is 0 Å². The molecule has 174 valence electrons. The van der Waals surface area contributed by atoms with Crippen molar-refractivity contribution in [1.82, 2.24) is 4.98 Å². The van der Waals surface area contributed by atoms with E-state index in [1.165, 1.54) is 21.7 Å². The Hall–Kier alpha value is -3.49. The molecule has 0 aliphatic heterocycles. The van der Waals surface area contributed by atoms with Crippen LogP contribution in [0.5, 0.6) is 0 Å². The highest BCUT2D eigenvalue weighted by Crippen LogP contribution is 2.27. The van der Waals surface area contributed by atoms with Gasteiger partial charge in [-0.15, -0.1) is 11.3 Å². The molecule has 0 spiro atoms. The Morgan fingerprint density at radius 1 is 1.00 bits per heavy atom. The van der Waals surface area contributed by atoms with Crippen molar-refractivity contribution in [2.45, 2.75) is 25.3 Å². The zero-order valence-corrected chi connectivity index (χ0v) is 20.5. The minimum absolute atomic E-state index is 0.00320. The summed E-state index contributed by atoms with van der Waals surface area (Å²) in [7, 11) is -3.87. The Kier molecular flexibility index (Phi) is 7.09. The van der Waals surface area contributed by atoms with Crippen LogP contribution >= 0.6 is 11.3 Å². The standard InChI is InChI=1S/C26H24N2O4S2/c1-3-28(23-12-8-5-9-13-23)34(30,31)24-16-21(15-14-19(24)2)26(29)32-17-22-18-33-25(27-22)20-10-6-4-7-11-20/h4-16,18H,3,17H2,1-2H3. The van der Waals surface area contributed by atoms with Gasteiger partial charge in [-0.05, 0) is 43.7 Å². The van der Waals surface area contributed by atoms with Gasteiger partial charge in [-0.1, -0.05) is 54.6 Å². The number of rotatable bonds is 8. The van der Waals surface area contributed by atoms with E-state index in [1.54, 1.807) is 50.2 Å². The second kappa shape index (κ2) is 10.2. The normalized spacial score (nSPS) is 11.2. The Balaban J connectivity index is 1.52. The van der Waals surface area contributed by atoms with Crippen molar-refractivity contribution in [3.63, 3.8) is 0 Å². The van der Waals surface area contributed by atoms with Crippen LogP contribution in [-0.4, -0.2) is 25.9 Å². The van der Waals surface area contributed by atoms with E-state index in [2.05, 4.69) is 4.98 Å². The number of sulfonamides is 1. The number of carbonyl (C=O) groups excluding carboxylic acids is 1. The average molecular weight is 493 g/mol. The van der Waals surface area contributed by atoms with E-state index < -0.39 is 16.0 Å². The monoisotopic (exact) mass is 492 g/mol. The fraction of sp³-hybridized carbons (Fsp3) is 0.154. The van der Waals surface area contributed by atoms with Crippen molar-refractivity contribution < 1.29 is 17.9 Å². The number of ether oxygens (including phenoxy) is 1. The number of thiazole rings is 1. The number of nitrogens with zero attached hydrogens (tertiary/aromatic N) is 2. The minimum atomic E-state index is -3.87. The molecule has 0 bridgehead atoms. The Morgan fingerprint density at radius 2 is 1.68 bits per heavy atom. The molecule has 0 aliphatic carbocycles. The van der Waals surface area contributed by atoms with Crippen LogP contribution in [0, 0.1) is 6.92 Å². The third-order valence-corrected chi connectivity index (χ3v) is 8.23. The highest BCUT2D eigenvalue weighted by Gasteiger charge is 2.26. The molecule has 0 N–H and O–H groups in total. The molecule has 3 aromatic carbocycles. The third-order valence-electron chi connectivity index (χ3n) is 5.25. The molecule has 0 saturated carbocycles. The molecule has 0 aliphatic rings. The predicted molar refractivity (Wildman–Crippen MR) is 134 cm³/mol. The van der Waals surface area contributed by atoms with E-state index in [4.69, 9.17) is 4.74 Å². The molecule has 0 unspecified atom stereocenters. The summed E-state index contributed by atoms with van der Waals surface area (Å²) >= 11 is 1.47. The highest BCUT2D eigenvalue weighted by molar-refractivity contribution is 7.92. The van der Waals surface area contributed by atoms with Gasteiger partial charge >= 0.3 is 5.97 Å². The van der Waals surface area contributed by atoms with Crippen LogP contribution in [0.3, 0.4) is 0 Å². The number of aromatic nitrogens is 1. The predicted octanol–water partition coefficient (Wildman–Crippen LogP) is 5.69. The van der Waals surface area contributed by atoms with E-state index in [1.807, 2.05) is 41.8 Å². The largest absolute Gasteiger partial charge is 0.456 e. The lowest BCUT2D eigenvalue weighted by Crippen LogP contribution is -2.31. The van der Waals surface area contributed by atoms with Crippen LogP contribution in [0.1, 0.15) is 28.5 Å². The number of benzene rings is 3.